The number of aromatic nitrogens is 2. The fourth-order valence-electron chi connectivity index (χ4n) is 2.93. The summed E-state index contributed by atoms with van der Waals surface area (Å²) in [6.07, 6.45) is 4.78. The van der Waals surface area contributed by atoms with Gasteiger partial charge in [0.1, 0.15) is 11.5 Å². The van der Waals surface area contributed by atoms with Crippen LogP contribution in [-0.4, -0.2) is 22.1 Å². The number of carbonyl (C=O) groups is 1. The predicted molar refractivity (Wildman–Crippen MR) is 103 cm³/mol. The Hall–Kier alpha value is -3.80. The Bertz CT molecular complexity index is 1120. The number of hydrazone groups is 1. The molecule has 0 bridgehead atoms. The van der Waals surface area contributed by atoms with Crippen molar-refractivity contribution in [3.8, 4) is 11.1 Å². The zero-order valence-corrected chi connectivity index (χ0v) is 14.2. The molecule has 132 valence electrons. The molecule has 0 radical (unpaired) electrons. The topological polar surface area (TPSA) is 70.1 Å². The molecule has 0 aliphatic heterocycles. The van der Waals surface area contributed by atoms with Crippen LogP contribution in [0.1, 0.15) is 16.1 Å². The molecular formula is C21H15FN4O. The zero-order valence-electron chi connectivity index (χ0n) is 14.2. The van der Waals surface area contributed by atoms with E-state index < -0.39 is 11.7 Å². The third kappa shape index (κ3) is 3.32. The molecule has 0 unspecified atom stereocenters. The van der Waals surface area contributed by atoms with Gasteiger partial charge in [-0.05, 0) is 17.7 Å². The highest BCUT2D eigenvalue weighted by atomic mass is 19.1. The molecule has 2 aromatic carbocycles. The molecule has 5 nitrogen and oxygen atoms in total. The molecule has 2 heterocycles. The lowest BCUT2D eigenvalue weighted by molar-refractivity contribution is 0.0951. The molecule has 0 saturated heterocycles. The molecule has 0 aliphatic carbocycles. The Balaban J connectivity index is 1.73. The van der Waals surface area contributed by atoms with Gasteiger partial charge in [0.05, 0.1) is 11.7 Å². The van der Waals surface area contributed by atoms with Crippen molar-refractivity contribution in [2.24, 2.45) is 5.10 Å². The maximum atomic E-state index is 14.2. The lowest BCUT2D eigenvalue weighted by Gasteiger charge is -2.04. The number of fused-ring (bicyclic) bond motifs is 1. The van der Waals surface area contributed by atoms with Gasteiger partial charge in [-0.1, -0.05) is 48.5 Å². The summed E-state index contributed by atoms with van der Waals surface area (Å²) in [6, 6.07) is 17.7. The van der Waals surface area contributed by atoms with Gasteiger partial charge in [0.15, 0.2) is 0 Å². The number of H-pyrrole nitrogens is 1. The number of nitrogens with one attached hydrogen (secondary N) is 2. The van der Waals surface area contributed by atoms with Gasteiger partial charge in [0.2, 0.25) is 0 Å². The lowest BCUT2D eigenvalue weighted by Crippen LogP contribution is -2.18. The molecule has 1 amide bonds. The number of halogens is 1. The van der Waals surface area contributed by atoms with E-state index in [1.807, 2.05) is 36.4 Å². The van der Waals surface area contributed by atoms with Crippen LogP contribution in [0.2, 0.25) is 0 Å². The van der Waals surface area contributed by atoms with Crippen LogP contribution < -0.4 is 5.43 Å². The summed E-state index contributed by atoms with van der Waals surface area (Å²) in [5, 5.41) is 4.61. The van der Waals surface area contributed by atoms with Gasteiger partial charge in [-0.15, -0.1) is 0 Å². The van der Waals surface area contributed by atoms with Gasteiger partial charge in [0.25, 0.3) is 5.91 Å². The normalized spacial score (nSPS) is 11.1. The number of amides is 1. The van der Waals surface area contributed by atoms with E-state index in [0.717, 1.165) is 11.1 Å². The van der Waals surface area contributed by atoms with Gasteiger partial charge in [-0.25, -0.2) is 9.82 Å². The number of aromatic amines is 1. The number of para-hydroxylation sites is 1. The number of hydrogen-bond donors (Lipinski definition) is 2. The smallest absolute Gasteiger partial charge is 0.288 e. The van der Waals surface area contributed by atoms with Crippen molar-refractivity contribution in [2.45, 2.75) is 0 Å². The third-order valence-corrected chi connectivity index (χ3v) is 4.14. The first kappa shape index (κ1) is 16.7. The molecule has 2 N–H and O–H groups in total. The van der Waals surface area contributed by atoms with Gasteiger partial charge in [0, 0.05) is 28.9 Å². The summed E-state index contributed by atoms with van der Waals surface area (Å²) < 4.78 is 14.2. The molecule has 0 fully saturated rings. The van der Waals surface area contributed by atoms with Crippen molar-refractivity contribution in [1.82, 2.24) is 15.4 Å². The highest BCUT2D eigenvalue weighted by Crippen LogP contribution is 2.33. The molecule has 0 atom stereocenters. The van der Waals surface area contributed by atoms with E-state index in [4.69, 9.17) is 0 Å². The van der Waals surface area contributed by atoms with Crippen LogP contribution in [0, 0.1) is 5.82 Å². The molecule has 2 aromatic heterocycles. The zero-order chi connectivity index (χ0) is 18.6. The van der Waals surface area contributed by atoms with Crippen molar-refractivity contribution >= 4 is 23.0 Å². The average Bonchev–Trinajstić information content (AvgIpc) is 3.10. The monoisotopic (exact) mass is 358 g/mol. The van der Waals surface area contributed by atoms with E-state index in [9.17, 15) is 9.18 Å². The van der Waals surface area contributed by atoms with E-state index in [2.05, 4.69) is 20.5 Å². The summed E-state index contributed by atoms with van der Waals surface area (Å²) in [4.78, 5) is 19.6. The highest BCUT2D eigenvalue weighted by molar-refractivity contribution is 6.09. The number of hydrogen-bond acceptors (Lipinski definition) is 3. The van der Waals surface area contributed by atoms with Crippen molar-refractivity contribution in [3.05, 3.63) is 90.1 Å². The van der Waals surface area contributed by atoms with E-state index >= 15 is 0 Å². The van der Waals surface area contributed by atoms with E-state index in [1.54, 1.807) is 30.6 Å². The SMILES string of the molecule is O=C(NN=Cc1cccnc1)c1[nH]c2c(F)cccc2c1-c1ccccc1. The first-order valence-electron chi connectivity index (χ1n) is 8.33. The van der Waals surface area contributed by atoms with Crippen LogP contribution in [0.25, 0.3) is 22.0 Å². The Morgan fingerprint density at radius 1 is 1.07 bits per heavy atom. The predicted octanol–water partition coefficient (Wildman–Crippen LogP) is 4.13. The first-order valence-corrected chi connectivity index (χ1v) is 8.33. The van der Waals surface area contributed by atoms with Crippen molar-refractivity contribution < 1.29 is 9.18 Å². The van der Waals surface area contributed by atoms with Crippen LogP contribution in [0.3, 0.4) is 0 Å². The molecule has 0 spiro atoms. The van der Waals surface area contributed by atoms with Crippen LogP contribution in [0.4, 0.5) is 4.39 Å². The summed E-state index contributed by atoms with van der Waals surface area (Å²) in [5.74, 6) is -0.868. The highest BCUT2D eigenvalue weighted by Gasteiger charge is 2.20. The standard InChI is InChI=1S/C21H15FN4O/c22-17-10-4-9-16-18(15-7-2-1-3-8-15)20(25-19(16)17)21(27)26-24-13-14-6-5-11-23-12-14/h1-13,25H,(H,26,27). The Morgan fingerprint density at radius 3 is 2.70 bits per heavy atom. The van der Waals surface area contributed by atoms with E-state index in [0.29, 0.717) is 10.9 Å². The number of nitrogens with zero attached hydrogens (tertiary/aromatic N) is 2. The summed E-state index contributed by atoms with van der Waals surface area (Å²) >= 11 is 0. The second-order valence-corrected chi connectivity index (χ2v) is 5.89. The molecule has 0 aliphatic rings. The number of rotatable bonds is 4. The molecule has 4 rings (SSSR count). The van der Waals surface area contributed by atoms with Crippen molar-refractivity contribution in [2.75, 3.05) is 0 Å². The Labute approximate surface area is 154 Å². The summed E-state index contributed by atoms with van der Waals surface area (Å²) in [6.45, 7) is 0. The van der Waals surface area contributed by atoms with E-state index in [1.165, 1.54) is 12.3 Å². The maximum absolute atomic E-state index is 14.2. The molecule has 27 heavy (non-hydrogen) atoms. The van der Waals surface area contributed by atoms with E-state index in [-0.39, 0.29) is 11.2 Å². The fraction of sp³-hybridized carbons (Fsp3) is 0. The number of benzene rings is 2. The van der Waals surface area contributed by atoms with Gasteiger partial charge in [-0.3, -0.25) is 9.78 Å². The minimum Gasteiger partial charge on any atom is -0.348 e. The largest absolute Gasteiger partial charge is 0.348 e. The molecular weight excluding hydrogens is 343 g/mol. The van der Waals surface area contributed by atoms with Gasteiger partial charge >= 0.3 is 0 Å². The molecule has 6 heteroatoms. The second kappa shape index (κ2) is 7.21. The number of carbonyl (C=O) groups excluding carboxylic acids is 1. The average molecular weight is 358 g/mol. The van der Waals surface area contributed by atoms with Gasteiger partial charge in [-0.2, -0.15) is 5.10 Å². The summed E-state index contributed by atoms with van der Waals surface area (Å²) in [5.41, 5.74) is 5.24. The summed E-state index contributed by atoms with van der Waals surface area (Å²) in [7, 11) is 0. The minimum absolute atomic E-state index is 0.254. The minimum atomic E-state index is -0.454. The Kier molecular flexibility index (Phi) is 4.45. The fourth-order valence-corrected chi connectivity index (χ4v) is 2.93. The van der Waals surface area contributed by atoms with Gasteiger partial charge < -0.3 is 4.98 Å². The number of pyridine rings is 1. The Morgan fingerprint density at radius 2 is 1.93 bits per heavy atom. The third-order valence-electron chi connectivity index (χ3n) is 4.14. The molecule has 4 aromatic rings. The maximum Gasteiger partial charge on any atom is 0.288 e. The lowest BCUT2D eigenvalue weighted by atomic mass is 10.0. The van der Waals surface area contributed by atoms with Crippen molar-refractivity contribution in [1.29, 1.82) is 0 Å². The van der Waals surface area contributed by atoms with Crippen LogP contribution >= 0.6 is 0 Å². The van der Waals surface area contributed by atoms with Crippen molar-refractivity contribution in [3.63, 3.8) is 0 Å². The first-order chi connectivity index (χ1) is 13.2. The quantitative estimate of drug-likeness (QED) is 0.425. The van der Waals surface area contributed by atoms with Crippen LogP contribution in [0.15, 0.2) is 78.2 Å². The second-order valence-electron chi connectivity index (χ2n) is 5.89. The molecule has 0 saturated carbocycles. The van der Waals surface area contributed by atoms with Crippen LogP contribution in [0.5, 0.6) is 0 Å². The van der Waals surface area contributed by atoms with Crippen LogP contribution in [-0.2, 0) is 0 Å².